The fourth-order valence-electron chi connectivity index (χ4n) is 2.96. The molecule has 2 rings (SSSR count). The van der Waals surface area contributed by atoms with E-state index in [0.29, 0.717) is 12.3 Å². The highest BCUT2D eigenvalue weighted by atomic mass is 35.5. The van der Waals surface area contributed by atoms with Crippen LogP contribution in [-0.4, -0.2) is 13.0 Å². The van der Waals surface area contributed by atoms with Crippen LogP contribution in [0.4, 0.5) is 5.69 Å². The first kappa shape index (κ1) is 15.4. The van der Waals surface area contributed by atoms with Gasteiger partial charge in [-0.1, -0.05) is 45.2 Å². The molecule has 0 aliphatic carbocycles. The summed E-state index contributed by atoms with van der Waals surface area (Å²) in [6, 6.07) is 6.25. The average Bonchev–Trinajstić information content (AvgIpc) is 2.74. The zero-order valence-electron chi connectivity index (χ0n) is 12.7. The van der Waals surface area contributed by atoms with Gasteiger partial charge in [-0.3, -0.25) is 4.79 Å². The predicted molar refractivity (Wildman–Crippen MR) is 85.5 cm³/mol. The number of carbonyl (C=O) groups excluding carboxylic acids is 1. The highest BCUT2D eigenvalue weighted by Crippen LogP contribution is 2.37. The van der Waals surface area contributed by atoms with E-state index in [1.807, 2.05) is 13.1 Å². The minimum Gasteiger partial charge on any atom is -0.315 e. The normalized spacial score (nSPS) is 17.2. The third-order valence-corrected chi connectivity index (χ3v) is 4.97. The average molecular weight is 294 g/mol. The van der Waals surface area contributed by atoms with Crippen molar-refractivity contribution >= 4 is 23.2 Å². The van der Waals surface area contributed by atoms with E-state index >= 15 is 0 Å². The molecule has 1 aromatic carbocycles. The van der Waals surface area contributed by atoms with Gasteiger partial charge in [-0.25, -0.2) is 0 Å². The number of hydrogen-bond acceptors (Lipinski definition) is 1. The maximum absolute atomic E-state index is 11.7. The molecule has 0 N–H and O–H groups in total. The van der Waals surface area contributed by atoms with Gasteiger partial charge in [0.2, 0.25) is 5.91 Å². The number of rotatable bonds is 6. The topological polar surface area (TPSA) is 20.3 Å². The number of alkyl halides is 1. The minimum absolute atomic E-state index is 0.0536. The SMILES string of the molecule is CCCCC(CC)C(Cl)c1ccc2c(c1)CC(=O)N2C. The molecular formula is C17H24ClNO. The van der Waals surface area contributed by atoms with Crippen LogP contribution in [0.25, 0.3) is 0 Å². The Hall–Kier alpha value is -1.02. The van der Waals surface area contributed by atoms with Crippen LogP contribution in [0, 0.1) is 5.92 Å². The Bertz CT molecular complexity index is 486. The number of unbranched alkanes of at least 4 members (excludes halogenated alkanes) is 1. The Kier molecular flexibility index (Phi) is 5.09. The summed E-state index contributed by atoms with van der Waals surface area (Å²) < 4.78 is 0. The van der Waals surface area contributed by atoms with Crippen molar-refractivity contribution in [2.75, 3.05) is 11.9 Å². The fourth-order valence-corrected chi connectivity index (χ4v) is 3.40. The highest BCUT2D eigenvalue weighted by Gasteiger charge is 2.26. The van der Waals surface area contributed by atoms with Crippen molar-refractivity contribution in [2.45, 2.75) is 51.3 Å². The first-order valence-corrected chi connectivity index (χ1v) is 8.05. The molecule has 1 aliphatic heterocycles. The largest absolute Gasteiger partial charge is 0.315 e. The van der Waals surface area contributed by atoms with Gasteiger partial charge in [0.25, 0.3) is 0 Å². The van der Waals surface area contributed by atoms with Crippen LogP contribution in [0.3, 0.4) is 0 Å². The second-order valence-corrected chi connectivity index (χ2v) is 6.20. The lowest BCUT2D eigenvalue weighted by Crippen LogP contribution is -2.20. The van der Waals surface area contributed by atoms with Crippen LogP contribution >= 0.6 is 11.6 Å². The fraction of sp³-hybridized carbons (Fsp3) is 0.588. The van der Waals surface area contributed by atoms with Gasteiger partial charge in [0.1, 0.15) is 0 Å². The summed E-state index contributed by atoms with van der Waals surface area (Å²) in [6.45, 7) is 4.42. The van der Waals surface area contributed by atoms with Crippen molar-refractivity contribution in [3.8, 4) is 0 Å². The van der Waals surface area contributed by atoms with Gasteiger partial charge in [0.15, 0.2) is 0 Å². The van der Waals surface area contributed by atoms with Gasteiger partial charge in [0.05, 0.1) is 11.8 Å². The van der Waals surface area contributed by atoms with Gasteiger partial charge in [-0.2, -0.15) is 0 Å². The van der Waals surface area contributed by atoms with Gasteiger partial charge >= 0.3 is 0 Å². The minimum atomic E-state index is 0.0536. The molecule has 1 heterocycles. The summed E-state index contributed by atoms with van der Waals surface area (Å²) >= 11 is 6.68. The predicted octanol–water partition coefficient (Wildman–Crippen LogP) is 4.70. The molecule has 0 aromatic heterocycles. The lowest BCUT2D eigenvalue weighted by Gasteiger charge is -2.22. The first-order chi connectivity index (χ1) is 9.58. The van der Waals surface area contributed by atoms with E-state index in [1.54, 1.807) is 4.90 Å². The van der Waals surface area contributed by atoms with Crippen LogP contribution in [0.5, 0.6) is 0 Å². The molecule has 2 nitrogen and oxygen atoms in total. The lowest BCUT2D eigenvalue weighted by molar-refractivity contribution is -0.117. The van der Waals surface area contributed by atoms with E-state index < -0.39 is 0 Å². The Morgan fingerprint density at radius 3 is 2.75 bits per heavy atom. The molecule has 0 spiro atoms. The summed E-state index contributed by atoms with van der Waals surface area (Å²) in [6.07, 6.45) is 5.23. The molecule has 0 radical (unpaired) electrons. The number of halogens is 1. The molecule has 0 saturated carbocycles. The number of fused-ring (bicyclic) bond motifs is 1. The molecule has 1 amide bonds. The lowest BCUT2D eigenvalue weighted by atomic mass is 9.90. The summed E-state index contributed by atoms with van der Waals surface area (Å²) in [5, 5.41) is 0.0536. The zero-order chi connectivity index (χ0) is 14.7. The molecule has 20 heavy (non-hydrogen) atoms. The van der Waals surface area contributed by atoms with Crippen LogP contribution < -0.4 is 4.90 Å². The third kappa shape index (κ3) is 3.01. The van der Waals surface area contributed by atoms with Gasteiger partial charge in [0, 0.05) is 12.7 Å². The van der Waals surface area contributed by atoms with E-state index in [2.05, 4.69) is 26.0 Å². The Morgan fingerprint density at radius 1 is 1.35 bits per heavy atom. The number of hydrogen-bond donors (Lipinski definition) is 0. The number of nitrogens with zero attached hydrogens (tertiary/aromatic N) is 1. The smallest absolute Gasteiger partial charge is 0.231 e. The van der Waals surface area contributed by atoms with Crippen LogP contribution in [0.1, 0.15) is 56.0 Å². The molecule has 0 fully saturated rings. The summed E-state index contributed by atoms with van der Waals surface area (Å²) in [7, 11) is 1.84. The molecule has 2 unspecified atom stereocenters. The van der Waals surface area contributed by atoms with Gasteiger partial charge in [-0.15, -0.1) is 11.6 Å². The molecule has 110 valence electrons. The second kappa shape index (κ2) is 6.62. The van der Waals surface area contributed by atoms with Crippen molar-refractivity contribution in [1.82, 2.24) is 0 Å². The van der Waals surface area contributed by atoms with E-state index in [1.165, 1.54) is 19.3 Å². The monoisotopic (exact) mass is 293 g/mol. The maximum atomic E-state index is 11.7. The zero-order valence-corrected chi connectivity index (χ0v) is 13.4. The maximum Gasteiger partial charge on any atom is 0.231 e. The molecule has 0 saturated heterocycles. The molecule has 1 aliphatic rings. The summed E-state index contributed by atoms with van der Waals surface area (Å²) in [5.41, 5.74) is 3.31. The molecule has 3 heteroatoms. The van der Waals surface area contributed by atoms with Gasteiger partial charge in [-0.05, 0) is 29.5 Å². The van der Waals surface area contributed by atoms with Gasteiger partial charge < -0.3 is 4.90 Å². The molecule has 0 bridgehead atoms. The molecule has 2 atom stereocenters. The molecule has 1 aromatic rings. The van der Waals surface area contributed by atoms with Crippen molar-refractivity contribution in [3.05, 3.63) is 29.3 Å². The number of likely N-dealkylation sites (N-methyl/N-ethyl adjacent to an activating group) is 1. The Morgan fingerprint density at radius 2 is 2.10 bits per heavy atom. The number of carbonyl (C=O) groups is 1. The quantitative estimate of drug-likeness (QED) is 0.696. The number of amides is 1. The number of anilines is 1. The van der Waals surface area contributed by atoms with Crippen molar-refractivity contribution < 1.29 is 4.79 Å². The Labute approximate surface area is 127 Å². The summed E-state index contributed by atoms with van der Waals surface area (Å²) in [4.78, 5) is 13.5. The van der Waals surface area contributed by atoms with E-state index in [-0.39, 0.29) is 11.3 Å². The highest BCUT2D eigenvalue weighted by molar-refractivity contribution is 6.21. The van der Waals surface area contributed by atoms with E-state index in [9.17, 15) is 4.79 Å². The number of benzene rings is 1. The first-order valence-electron chi connectivity index (χ1n) is 7.61. The summed E-state index contributed by atoms with van der Waals surface area (Å²) in [5.74, 6) is 0.686. The molecular weight excluding hydrogens is 270 g/mol. The van der Waals surface area contributed by atoms with Crippen molar-refractivity contribution in [1.29, 1.82) is 0 Å². The van der Waals surface area contributed by atoms with Crippen LogP contribution in [0.15, 0.2) is 18.2 Å². The van der Waals surface area contributed by atoms with Crippen molar-refractivity contribution in [3.63, 3.8) is 0 Å². The second-order valence-electron chi connectivity index (χ2n) is 5.73. The van der Waals surface area contributed by atoms with E-state index in [4.69, 9.17) is 11.6 Å². The van der Waals surface area contributed by atoms with Crippen molar-refractivity contribution in [2.24, 2.45) is 5.92 Å². The standard InChI is InChI=1S/C17H24ClNO/c1-4-6-7-12(5-2)17(18)13-8-9-15-14(10-13)11-16(20)19(15)3/h8-10,12,17H,4-7,11H2,1-3H3. The van der Waals surface area contributed by atoms with Crippen LogP contribution in [-0.2, 0) is 11.2 Å². The Balaban J connectivity index is 2.17. The van der Waals surface area contributed by atoms with Crippen LogP contribution in [0.2, 0.25) is 0 Å². The van der Waals surface area contributed by atoms with E-state index in [0.717, 1.165) is 23.2 Å². The third-order valence-electron chi connectivity index (χ3n) is 4.37.